The third-order valence-corrected chi connectivity index (χ3v) is 4.43. The molecule has 4 rings (SSSR count). The Balaban J connectivity index is 1.55. The van der Waals surface area contributed by atoms with E-state index < -0.39 is 0 Å². The third-order valence-electron chi connectivity index (χ3n) is 4.43. The van der Waals surface area contributed by atoms with Crippen molar-refractivity contribution in [2.45, 2.75) is 6.61 Å². The maximum atomic E-state index is 12.6. The third kappa shape index (κ3) is 4.15. The molecule has 0 bridgehead atoms. The summed E-state index contributed by atoms with van der Waals surface area (Å²) in [6.07, 6.45) is 3.99. The number of hydrogen-bond donors (Lipinski definition) is 0. The van der Waals surface area contributed by atoms with E-state index in [1.807, 2.05) is 97.1 Å². The van der Waals surface area contributed by atoms with Crippen LogP contribution in [-0.4, -0.2) is 11.0 Å². The van der Waals surface area contributed by atoms with Gasteiger partial charge < -0.3 is 4.74 Å². The highest BCUT2D eigenvalue weighted by molar-refractivity contribution is 6.03. The maximum Gasteiger partial charge on any atom is 0.339 e. The van der Waals surface area contributed by atoms with Crippen LogP contribution in [0.25, 0.3) is 23.1 Å². The van der Waals surface area contributed by atoms with Crippen LogP contribution in [0.4, 0.5) is 0 Å². The fourth-order valence-corrected chi connectivity index (χ4v) is 2.99. The molecular weight excluding hydrogens is 346 g/mol. The molecule has 0 spiro atoms. The maximum absolute atomic E-state index is 12.6. The molecular formula is C25H19NO2. The number of carbonyl (C=O) groups excluding carboxylic acids is 1. The normalized spacial score (nSPS) is 11.0. The molecule has 0 amide bonds. The highest BCUT2D eigenvalue weighted by Gasteiger charge is 2.12. The second-order valence-corrected chi connectivity index (χ2v) is 6.41. The van der Waals surface area contributed by atoms with Gasteiger partial charge in [-0.1, -0.05) is 72.8 Å². The minimum absolute atomic E-state index is 0.251. The number of nitrogens with zero attached hydrogens (tertiary/aromatic N) is 1. The highest BCUT2D eigenvalue weighted by atomic mass is 16.5. The van der Waals surface area contributed by atoms with Crippen LogP contribution in [-0.2, 0) is 11.3 Å². The fraction of sp³-hybridized carbons (Fsp3) is 0.0400. The van der Waals surface area contributed by atoms with Crippen LogP contribution in [0.5, 0.6) is 0 Å². The van der Waals surface area contributed by atoms with E-state index >= 15 is 0 Å². The van der Waals surface area contributed by atoms with Gasteiger partial charge in [0.05, 0.1) is 16.8 Å². The molecule has 136 valence electrons. The lowest BCUT2D eigenvalue weighted by molar-refractivity contribution is 0.0475. The molecule has 0 fully saturated rings. The summed E-state index contributed by atoms with van der Waals surface area (Å²) in [4.78, 5) is 17.2. The van der Waals surface area contributed by atoms with E-state index in [1.165, 1.54) is 0 Å². The van der Waals surface area contributed by atoms with E-state index in [0.717, 1.165) is 27.7 Å². The molecule has 0 aliphatic heterocycles. The number of carbonyl (C=O) groups is 1. The van der Waals surface area contributed by atoms with Gasteiger partial charge in [0, 0.05) is 5.39 Å². The van der Waals surface area contributed by atoms with Crippen LogP contribution < -0.4 is 0 Å². The SMILES string of the molecule is O=C(OCc1ccccc1)c1cccc2nc(/C=C/c3ccccc3)ccc12. The number of rotatable bonds is 5. The van der Waals surface area contributed by atoms with Crippen molar-refractivity contribution in [2.75, 3.05) is 0 Å². The quantitative estimate of drug-likeness (QED) is 0.422. The van der Waals surface area contributed by atoms with Crippen LogP contribution in [0.1, 0.15) is 27.2 Å². The second-order valence-electron chi connectivity index (χ2n) is 6.41. The van der Waals surface area contributed by atoms with E-state index in [4.69, 9.17) is 4.74 Å². The zero-order chi connectivity index (χ0) is 19.2. The number of ether oxygens (including phenoxy) is 1. The van der Waals surface area contributed by atoms with Gasteiger partial charge in [-0.25, -0.2) is 9.78 Å². The zero-order valence-electron chi connectivity index (χ0n) is 15.3. The first kappa shape index (κ1) is 17.7. The first-order valence-electron chi connectivity index (χ1n) is 9.13. The van der Waals surface area contributed by atoms with E-state index in [1.54, 1.807) is 6.07 Å². The lowest BCUT2D eigenvalue weighted by atomic mass is 10.1. The van der Waals surface area contributed by atoms with E-state index in [0.29, 0.717) is 5.56 Å². The molecule has 28 heavy (non-hydrogen) atoms. The summed E-state index contributed by atoms with van der Waals surface area (Å²) in [5.41, 5.74) is 4.21. The first-order chi connectivity index (χ1) is 13.8. The van der Waals surface area contributed by atoms with Crippen LogP contribution in [0.15, 0.2) is 91.0 Å². The second kappa shape index (κ2) is 8.31. The number of pyridine rings is 1. The average Bonchev–Trinajstić information content (AvgIpc) is 2.77. The van der Waals surface area contributed by atoms with Crippen LogP contribution in [0.3, 0.4) is 0 Å². The number of hydrogen-bond acceptors (Lipinski definition) is 3. The van der Waals surface area contributed by atoms with Gasteiger partial charge >= 0.3 is 5.97 Å². The summed E-state index contributed by atoms with van der Waals surface area (Å²) in [5, 5.41) is 0.789. The standard InChI is InChI=1S/C25H19NO2/c27-25(28-18-20-10-5-2-6-11-20)23-12-7-13-24-22(23)17-16-21(26-24)15-14-19-8-3-1-4-9-19/h1-17H,18H2/b15-14+. The molecule has 0 unspecified atom stereocenters. The van der Waals surface area contributed by atoms with Crippen molar-refractivity contribution in [3.8, 4) is 0 Å². The van der Waals surface area contributed by atoms with E-state index in [2.05, 4.69) is 4.98 Å². The molecule has 0 saturated carbocycles. The smallest absolute Gasteiger partial charge is 0.339 e. The number of aromatic nitrogens is 1. The van der Waals surface area contributed by atoms with E-state index in [9.17, 15) is 4.79 Å². The Morgan fingerprint density at radius 2 is 1.54 bits per heavy atom. The summed E-state index contributed by atoms with van der Waals surface area (Å²) >= 11 is 0. The summed E-state index contributed by atoms with van der Waals surface area (Å²) in [6.45, 7) is 0.251. The molecule has 0 saturated heterocycles. The van der Waals surface area contributed by atoms with Crippen molar-refractivity contribution < 1.29 is 9.53 Å². The van der Waals surface area contributed by atoms with Gasteiger partial charge in [-0.2, -0.15) is 0 Å². The zero-order valence-corrected chi connectivity index (χ0v) is 15.3. The monoisotopic (exact) mass is 365 g/mol. The molecule has 0 atom stereocenters. The Morgan fingerprint density at radius 1 is 0.786 bits per heavy atom. The lowest BCUT2D eigenvalue weighted by Gasteiger charge is -2.08. The van der Waals surface area contributed by atoms with Gasteiger partial charge in [-0.3, -0.25) is 0 Å². The Labute approximate surface area is 163 Å². The summed E-state index contributed by atoms with van der Waals surface area (Å²) in [6, 6.07) is 29.1. The topological polar surface area (TPSA) is 39.2 Å². The molecule has 1 heterocycles. The van der Waals surface area contributed by atoms with Gasteiger partial charge in [-0.15, -0.1) is 0 Å². The van der Waals surface area contributed by atoms with E-state index in [-0.39, 0.29) is 12.6 Å². The largest absolute Gasteiger partial charge is 0.457 e. The Morgan fingerprint density at radius 3 is 2.32 bits per heavy atom. The van der Waals surface area contributed by atoms with Crippen molar-refractivity contribution >= 4 is 29.0 Å². The summed E-state index contributed by atoms with van der Waals surface area (Å²) < 4.78 is 5.48. The molecule has 3 aromatic carbocycles. The van der Waals surface area contributed by atoms with Gasteiger partial charge in [0.25, 0.3) is 0 Å². The summed E-state index contributed by atoms with van der Waals surface area (Å²) in [5.74, 6) is -0.344. The molecule has 0 aliphatic rings. The van der Waals surface area contributed by atoms with Crippen LogP contribution >= 0.6 is 0 Å². The predicted molar refractivity (Wildman–Crippen MR) is 113 cm³/mol. The van der Waals surface area contributed by atoms with Crippen molar-refractivity contribution in [1.82, 2.24) is 4.98 Å². The molecule has 0 N–H and O–H groups in total. The Bertz CT molecular complexity index is 1120. The van der Waals surface area contributed by atoms with Crippen LogP contribution in [0, 0.1) is 0 Å². The molecule has 3 nitrogen and oxygen atoms in total. The average molecular weight is 365 g/mol. The molecule has 0 aliphatic carbocycles. The van der Waals surface area contributed by atoms with Crippen molar-refractivity contribution in [3.05, 3.63) is 113 Å². The summed E-state index contributed by atoms with van der Waals surface area (Å²) in [7, 11) is 0. The van der Waals surface area contributed by atoms with Gasteiger partial charge in [0.2, 0.25) is 0 Å². The minimum atomic E-state index is -0.344. The molecule has 3 heteroatoms. The molecule has 4 aromatic rings. The van der Waals surface area contributed by atoms with Crippen LogP contribution in [0.2, 0.25) is 0 Å². The number of fused-ring (bicyclic) bond motifs is 1. The van der Waals surface area contributed by atoms with Gasteiger partial charge in [0.1, 0.15) is 6.61 Å². The van der Waals surface area contributed by atoms with Gasteiger partial charge in [-0.05, 0) is 41.5 Å². The van der Waals surface area contributed by atoms with Crippen molar-refractivity contribution in [3.63, 3.8) is 0 Å². The molecule has 0 radical (unpaired) electrons. The lowest BCUT2D eigenvalue weighted by Crippen LogP contribution is -2.06. The highest BCUT2D eigenvalue weighted by Crippen LogP contribution is 2.20. The fourth-order valence-electron chi connectivity index (χ4n) is 2.99. The van der Waals surface area contributed by atoms with Crippen molar-refractivity contribution in [1.29, 1.82) is 0 Å². The Hall–Kier alpha value is -3.72. The minimum Gasteiger partial charge on any atom is -0.457 e. The predicted octanol–water partition coefficient (Wildman–Crippen LogP) is 5.76. The Kier molecular flexibility index (Phi) is 5.25. The molecule has 1 aromatic heterocycles. The van der Waals surface area contributed by atoms with Crippen molar-refractivity contribution in [2.24, 2.45) is 0 Å². The number of esters is 1. The number of benzene rings is 3. The first-order valence-corrected chi connectivity index (χ1v) is 9.13. The van der Waals surface area contributed by atoms with Gasteiger partial charge in [0.15, 0.2) is 0 Å².